The molecule has 0 saturated carbocycles. The van der Waals surface area contributed by atoms with Crippen LogP contribution in [0.25, 0.3) is 0 Å². The minimum absolute atomic E-state index is 0.276. The van der Waals surface area contributed by atoms with Gasteiger partial charge in [-0.05, 0) is 49.9 Å². The highest BCUT2D eigenvalue weighted by Gasteiger charge is 2.11. The van der Waals surface area contributed by atoms with Gasteiger partial charge >= 0.3 is 0 Å². The summed E-state index contributed by atoms with van der Waals surface area (Å²) in [7, 11) is 1.96. The SMILES string of the molecule is CNC(CCC(C)C)Cc1ccc(F)cc1Cl. The molecule has 0 fully saturated rings. The first-order valence-electron chi connectivity index (χ1n) is 6.14. The first-order valence-corrected chi connectivity index (χ1v) is 6.52. The third kappa shape index (κ3) is 5.05. The number of likely N-dealkylation sites (N-methyl/N-ethyl adjacent to an activating group) is 1. The summed E-state index contributed by atoms with van der Waals surface area (Å²) in [5.41, 5.74) is 1.01. The van der Waals surface area contributed by atoms with Crippen molar-refractivity contribution >= 4 is 11.6 Å². The van der Waals surface area contributed by atoms with Gasteiger partial charge in [0.1, 0.15) is 5.82 Å². The predicted octanol–water partition coefficient (Wildman–Crippen LogP) is 4.05. The summed E-state index contributed by atoms with van der Waals surface area (Å²) >= 11 is 6.03. The van der Waals surface area contributed by atoms with Crippen LogP contribution in [0.3, 0.4) is 0 Å². The van der Waals surface area contributed by atoms with E-state index in [2.05, 4.69) is 19.2 Å². The lowest BCUT2D eigenvalue weighted by Gasteiger charge is -2.18. The zero-order valence-corrected chi connectivity index (χ0v) is 11.5. The number of nitrogens with one attached hydrogen (secondary N) is 1. The molecule has 0 aliphatic heterocycles. The molecular weight excluding hydrogens is 237 g/mol. The first kappa shape index (κ1) is 14.5. The molecular formula is C14H21ClFN. The molecule has 1 unspecified atom stereocenters. The fourth-order valence-corrected chi connectivity index (χ4v) is 2.08. The van der Waals surface area contributed by atoms with Crippen molar-refractivity contribution < 1.29 is 4.39 Å². The van der Waals surface area contributed by atoms with Crippen LogP contribution in [0.5, 0.6) is 0 Å². The second kappa shape index (κ2) is 6.97. The van der Waals surface area contributed by atoms with Crippen LogP contribution < -0.4 is 5.32 Å². The van der Waals surface area contributed by atoms with Gasteiger partial charge in [-0.25, -0.2) is 4.39 Å². The van der Waals surface area contributed by atoms with Gasteiger partial charge in [0.25, 0.3) is 0 Å². The Morgan fingerprint density at radius 2 is 2.00 bits per heavy atom. The number of halogens is 2. The van der Waals surface area contributed by atoms with E-state index in [1.165, 1.54) is 18.6 Å². The Morgan fingerprint density at radius 3 is 2.53 bits per heavy atom. The highest BCUT2D eigenvalue weighted by molar-refractivity contribution is 6.31. The Kier molecular flexibility index (Phi) is 5.93. The van der Waals surface area contributed by atoms with Crippen molar-refractivity contribution in [3.8, 4) is 0 Å². The van der Waals surface area contributed by atoms with Crippen LogP contribution in [-0.2, 0) is 6.42 Å². The average molecular weight is 258 g/mol. The van der Waals surface area contributed by atoms with Crippen LogP contribution in [0, 0.1) is 11.7 Å². The van der Waals surface area contributed by atoms with Gasteiger partial charge < -0.3 is 5.32 Å². The normalized spacial score (nSPS) is 13.1. The van der Waals surface area contributed by atoms with Crippen LogP contribution >= 0.6 is 11.6 Å². The molecule has 1 aromatic carbocycles. The van der Waals surface area contributed by atoms with E-state index < -0.39 is 0 Å². The fraction of sp³-hybridized carbons (Fsp3) is 0.571. The topological polar surface area (TPSA) is 12.0 Å². The first-order chi connectivity index (χ1) is 8.02. The average Bonchev–Trinajstić information content (AvgIpc) is 2.26. The van der Waals surface area contributed by atoms with Crippen molar-refractivity contribution in [2.45, 2.75) is 39.2 Å². The second-order valence-electron chi connectivity index (χ2n) is 4.90. The summed E-state index contributed by atoms with van der Waals surface area (Å²) in [5.74, 6) is 0.427. The Labute approximate surface area is 108 Å². The molecule has 17 heavy (non-hydrogen) atoms. The van der Waals surface area contributed by atoms with Crippen molar-refractivity contribution in [2.75, 3.05) is 7.05 Å². The van der Waals surface area contributed by atoms with Crippen LogP contribution in [0.2, 0.25) is 5.02 Å². The fourth-order valence-electron chi connectivity index (χ4n) is 1.84. The standard InChI is InChI=1S/C14H21ClFN/c1-10(2)4-7-13(17-3)8-11-5-6-12(16)9-14(11)15/h5-6,9-10,13,17H,4,7-8H2,1-3H3. The van der Waals surface area contributed by atoms with E-state index in [0.717, 1.165) is 18.4 Å². The van der Waals surface area contributed by atoms with Crippen molar-refractivity contribution in [3.05, 3.63) is 34.6 Å². The van der Waals surface area contributed by atoms with Gasteiger partial charge in [-0.15, -0.1) is 0 Å². The quantitative estimate of drug-likeness (QED) is 0.811. The third-order valence-electron chi connectivity index (χ3n) is 2.98. The molecule has 0 amide bonds. The van der Waals surface area contributed by atoms with Crippen LogP contribution in [0.1, 0.15) is 32.3 Å². The van der Waals surface area contributed by atoms with Gasteiger partial charge in [-0.3, -0.25) is 0 Å². The molecule has 0 saturated heterocycles. The van der Waals surface area contributed by atoms with Gasteiger partial charge in [-0.1, -0.05) is 31.5 Å². The Morgan fingerprint density at radius 1 is 1.29 bits per heavy atom. The summed E-state index contributed by atoms with van der Waals surface area (Å²) in [6.45, 7) is 4.44. The van der Waals surface area contributed by atoms with E-state index in [1.54, 1.807) is 6.07 Å². The van der Waals surface area contributed by atoms with Crippen LogP contribution in [0.4, 0.5) is 4.39 Å². The Bertz CT molecular complexity index is 352. The molecule has 0 bridgehead atoms. The molecule has 0 aliphatic rings. The minimum atomic E-state index is -0.276. The van der Waals surface area contributed by atoms with Crippen LogP contribution in [-0.4, -0.2) is 13.1 Å². The maximum atomic E-state index is 12.9. The van der Waals surface area contributed by atoms with Crippen molar-refractivity contribution in [1.29, 1.82) is 0 Å². The van der Waals surface area contributed by atoms with Gasteiger partial charge in [0.05, 0.1) is 0 Å². The smallest absolute Gasteiger partial charge is 0.124 e. The Hall–Kier alpha value is -0.600. The molecule has 1 aromatic rings. The molecule has 0 aliphatic carbocycles. The van der Waals surface area contributed by atoms with E-state index in [4.69, 9.17) is 11.6 Å². The molecule has 1 N–H and O–H groups in total. The van der Waals surface area contributed by atoms with E-state index in [-0.39, 0.29) is 5.82 Å². The summed E-state index contributed by atoms with van der Waals surface area (Å²) in [5, 5.41) is 3.82. The van der Waals surface area contributed by atoms with Crippen molar-refractivity contribution in [2.24, 2.45) is 5.92 Å². The monoisotopic (exact) mass is 257 g/mol. The maximum absolute atomic E-state index is 12.9. The molecule has 0 radical (unpaired) electrons. The third-order valence-corrected chi connectivity index (χ3v) is 3.33. The Balaban J connectivity index is 2.60. The van der Waals surface area contributed by atoms with Crippen molar-refractivity contribution in [3.63, 3.8) is 0 Å². The molecule has 0 aromatic heterocycles. The zero-order chi connectivity index (χ0) is 12.8. The number of benzene rings is 1. The van der Waals surface area contributed by atoms with Crippen molar-refractivity contribution in [1.82, 2.24) is 5.32 Å². The number of rotatable bonds is 6. The van der Waals surface area contributed by atoms with Gasteiger partial charge in [0.15, 0.2) is 0 Å². The van der Waals surface area contributed by atoms with Gasteiger partial charge in [0.2, 0.25) is 0 Å². The zero-order valence-electron chi connectivity index (χ0n) is 10.8. The highest BCUT2D eigenvalue weighted by Crippen LogP contribution is 2.20. The summed E-state index contributed by atoms with van der Waals surface area (Å²) in [6.07, 6.45) is 3.15. The summed E-state index contributed by atoms with van der Waals surface area (Å²) in [6, 6.07) is 5.03. The molecule has 1 atom stereocenters. The molecule has 0 spiro atoms. The molecule has 3 heteroatoms. The number of hydrogen-bond donors (Lipinski definition) is 1. The second-order valence-corrected chi connectivity index (χ2v) is 5.30. The van der Waals surface area contributed by atoms with E-state index in [0.29, 0.717) is 17.0 Å². The lowest BCUT2D eigenvalue weighted by molar-refractivity contribution is 0.450. The highest BCUT2D eigenvalue weighted by atomic mass is 35.5. The van der Waals surface area contributed by atoms with E-state index >= 15 is 0 Å². The lowest BCUT2D eigenvalue weighted by Crippen LogP contribution is -2.28. The molecule has 0 heterocycles. The number of hydrogen-bond acceptors (Lipinski definition) is 1. The van der Waals surface area contributed by atoms with Crippen LogP contribution in [0.15, 0.2) is 18.2 Å². The molecule has 1 nitrogen and oxygen atoms in total. The summed E-state index contributed by atoms with van der Waals surface area (Å²) in [4.78, 5) is 0. The minimum Gasteiger partial charge on any atom is -0.317 e. The lowest BCUT2D eigenvalue weighted by atomic mass is 9.98. The van der Waals surface area contributed by atoms with E-state index in [9.17, 15) is 4.39 Å². The summed E-state index contributed by atoms with van der Waals surface area (Å²) < 4.78 is 12.9. The van der Waals surface area contributed by atoms with Gasteiger partial charge in [-0.2, -0.15) is 0 Å². The molecule has 1 rings (SSSR count). The maximum Gasteiger partial charge on any atom is 0.124 e. The molecule has 96 valence electrons. The van der Waals surface area contributed by atoms with E-state index in [1.807, 2.05) is 7.05 Å². The predicted molar refractivity (Wildman–Crippen MR) is 72.0 cm³/mol. The van der Waals surface area contributed by atoms with Gasteiger partial charge in [0, 0.05) is 11.1 Å². The largest absolute Gasteiger partial charge is 0.317 e.